The van der Waals surface area contributed by atoms with Gasteiger partial charge in [0.2, 0.25) is 0 Å². The molecule has 0 heterocycles. The van der Waals surface area contributed by atoms with Gasteiger partial charge in [0.05, 0.1) is 13.7 Å². The molecule has 9 heavy (non-hydrogen) atoms. The molecule has 0 fully saturated rings. The molecule has 0 amide bonds. The number of carboxylic acids is 1. The van der Waals surface area contributed by atoms with E-state index in [2.05, 4.69) is 10.5 Å². The summed E-state index contributed by atoms with van der Waals surface area (Å²) in [6, 6.07) is 0. The van der Waals surface area contributed by atoms with E-state index in [1.54, 1.807) is 0 Å². The average Bonchev–Trinajstić information content (AvgIpc) is 1.89. The second-order valence-electron chi connectivity index (χ2n) is 0.930. The van der Waals surface area contributed by atoms with Crippen molar-refractivity contribution in [1.29, 1.82) is 0 Å². The van der Waals surface area contributed by atoms with Crippen LogP contribution in [0.5, 0.6) is 0 Å². The van der Waals surface area contributed by atoms with E-state index in [0.717, 1.165) is 0 Å². The summed E-state index contributed by atoms with van der Waals surface area (Å²) in [5.41, 5.74) is 4.57. The number of methoxy groups -OCH3 is 1. The summed E-state index contributed by atoms with van der Waals surface area (Å²) in [5.74, 6) is -0.968. The monoisotopic (exact) mass is 135 g/mol. The lowest BCUT2D eigenvalue weighted by molar-refractivity contribution is -0.135. The van der Waals surface area contributed by atoms with Gasteiger partial charge in [-0.3, -0.25) is 9.59 Å². The van der Waals surface area contributed by atoms with Crippen LogP contribution in [0.1, 0.15) is 0 Å². The van der Waals surface area contributed by atoms with Crippen molar-refractivity contribution in [2.45, 2.75) is 0 Å². The molecule has 0 aromatic heterocycles. The lowest BCUT2D eigenvalue weighted by atomic mass is 10.7. The number of carbonyl (C=O) groups excluding carboxylic acids is 1. The van der Waals surface area contributed by atoms with Crippen LogP contribution in [0.25, 0.3) is 0 Å². The fourth-order valence-corrected chi connectivity index (χ4v) is 0. The van der Waals surface area contributed by atoms with Crippen LogP contribution < -0.4 is 5.73 Å². The third-order valence-corrected chi connectivity index (χ3v) is 0.271. The summed E-state index contributed by atoms with van der Waals surface area (Å²) in [5, 5.41) is 7.60. The second kappa shape index (κ2) is 10.0. The van der Waals surface area contributed by atoms with Crippen LogP contribution in [0.4, 0.5) is 0 Å². The zero-order chi connectivity index (χ0) is 7.70. The van der Waals surface area contributed by atoms with Gasteiger partial charge in [0.25, 0.3) is 6.47 Å². The fraction of sp³-hybridized carbons (Fsp3) is 0.500. The highest BCUT2D eigenvalue weighted by Gasteiger charge is 1.81. The maximum Gasteiger partial charge on any atom is 0.317 e. The summed E-state index contributed by atoms with van der Waals surface area (Å²) >= 11 is 0. The van der Waals surface area contributed by atoms with Gasteiger partial charge in [-0.15, -0.1) is 0 Å². The fourth-order valence-electron chi connectivity index (χ4n) is 0. The lowest BCUT2D eigenvalue weighted by Gasteiger charge is -1.73. The summed E-state index contributed by atoms with van der Waals surface area (Å²) in [4.78, 5) is 18.2. The summed E-state index contributed by atoms with van der Waals surface area (Å²) in [6.07, 6.45) is 0. The Labute approximate surface area is 52.4 Å². The maximum absolute atomic E-state index is 9.24. The molecule has 0 radical (unpaired) electrons. The zero-order valence-corrected chi connectivity index (χ0v) is 5.03. The third-order valence-electron chi connectivity index (χ3n) is 0.271. The third kappa shape index (κ3) is 45.9. The second-order valence-corrected chi connectivity index (χ2v) is 0.930. The van der Waals surface area contributed by atoms with Gasteiger partial charge in [-0.05, 0) is 0 Å². The highest BCUT2D eigenvalue weighted by atomic mass is 16.5. The van der Waals surface area contributed by atoms with Crippen molar-refractivity contribution in [2.24, 2.45) is 5.73 Å². The molecule has 0 saturated heterocycles. The van der Waals surface area contributed by atoms with Crippen molar-refractivity contribution in [1.82, 2.24) is 0 Å². The van der Waals surface area contributed by atoms with Crippen LogP contribution in [-0.4, -0.2) is 31.2 Å². The smallest absolute Gasteiger partial charge is 0.317 e. The zero-order valence-electron chi connectivity index (χ0n) is 5.03. The SMILES string of the molecule is COC=O.NCC(=O)O. The van der Waals surface area contributed by atoms with E-state index in [9.17, 15) is 4.79 Å². The maximum atomic E-state index is 9.24. The number of hydrogen-bond acceptors (Lipinski definition) is 4. The van der Waals surface area contributed by atoms with Crippen LogP contribution in [0.2, 0.25) is 0 Å². The predicted octanol–water partition coefficient (Wildman–Crippen LogP) is -1.18. The molecular weight excluding hydrogens is 126 g/mol. The van der Waals surface area contributed by atoms with Crippen molar-refractivity contribution in [2.75, 3.05) is 13.7 Å². The van der Waals surface area contributed by atoms with E-state index in [-0.39, 0.29) is 6.54 Å². The number of rotatable bonds is 2. The first-order valence-electron chi connectivity index (χ1n) is 2.07. The summed E-state index contributed by atoms with van der Waals surface area (Å²) < 4.78 is 3.86. The lowest BCUT2D eigenvalue weighted by Crippen LogP contribution is -2.10. The van der Waals surface area contributed by atoms with E-state index >= 15 is 0 Å². The number of nitrogens with two attached hydrogens (primary N) is 1. The van der Waals surface area contributed by atoms with Gasteiger partial charge in [-0.2, -0.15) is 0 Å². The van der Waals surface area contributed by atoms with Gasteiger partial charge < -0.3 is 15.6 Å². The largest absolute Gasteiger partial charge is 0.480 e. The van der Waals surface area contributed by atoms with Gasteiger partial charge in [-0.1, -0.05) is 0 Å². The Morgan fingerprint density at radius 1 is 1.89 bits per heavy atom. The molecule has 0 aliphatic rings. The topological polar surface area (TPSA) is 89.6 Å². The van der Waals surface area contributed by atoms with Crippen LogP contribution in [-0.2, 0) is 14.3 Å². The predicted molar refractivity (Wildman–Crippen MR) is 29.8 cm³/mol. The normalized spacial score (nSPS) is 6.44. The van der Waals surface area contributed by atoms with E-state index < -0.39 is 5.97 Å². The molecule has 0 unspecified atom stereocenters. The van der Waals surface area contributed by atoms with Crippen LogP contribution in [0.15, 0.2) is 0 Å². The number of ether oxygens (including phenoxy) is 1. The van der Waals surface area contributed by atoms with E-state index in [1.165, 1.54) is 7.11 Å². The number of carbonyl (C=O) groups is 2. The van der Waals surface area contributed by atoms with Crippen molar-refractivity contribution in [3.63, 3.8) is 0 Å². The van der Waals surface area contributed by atoms with Crippen LogP contribution in [0.3, 0.4) is 0 Å². The molecule has 0 aliphatic heterocycles. The quantitative estimate of drug-likeness (QED) is 0.465. The van der Waals surface area contributed by atoms with Gasteiger partial charge >= 0.3 is 5.97 Å². The van der Waals surface area contributed by atoms with E-state index in [0.29, 0.717) is 6.47 Å². The average molecular weight is 135 g/mol. The van der Waals surface area contributed by atoms with Gasteiger partial charge in [0, 0.05) is 0 Å². The Morgan fingerprint density at radius 2 is 2.11 bits per heavy atom. The van der Waals surface area contributed by atoms with Crippen LogP contribution >= 0.6 is 0 Å². The highest BCUT2D eigenvalue weighted by molar-refractivity contribution is 5.68. The molecule has 0 aliphatic carbocycles. The van der Waals surface area contributed by atoms with Crippen molar-refractivity contribution in [3.05, 3.63) is 0 Å². The Balaban J connectivity index is 0. The Hall–Kier alpha value is -1.10. The Kier molecular flexibility index (Phi) is 12.0. The number of aliphatic carboxylic acids is 1. The van der Waals surface area contributed by atoms with Crippen LogP contribution in [0, 0.1) is 0 Å². The molecule has 0 saturated carbocycles. The molecule has 0 bridgehead atoms. The van der Waals surface area contributed by atoms with E-state index in [1.807, 2.05) is 0 Å². The first-order chi connectivity index (χ1) is 4.18. The molecule has 54 valence electrons. The summed E-state index contributed by atoms with van der Waals surface area (Å²) in [7, 11) is 1.31. The van der Waals surface area contributed by atoms with Gasteiger partial charge in [0.1, 0.15) is 0 Å². The molecule has 0 rings (SSSR count). The number of hydrogen-bond donors (Lipinski definition) is 2. The summed E-state index contributed by atoms with van der Waals surface area (Å²) in [6.45, 7) is 0.0972. The minimum atomic E-state index is -0.968. The standard InChI is InChI=1S/C2H5NO2.C2H4O2/c3-1-2(4)5;1-4-2-3/h1,3H2,(H,4,5);2H,1H3. The highest BCUT2D eigenvalue weighted by Crippen LogP contribution is 1.43. The molecule has 0 aromatic rings. The van der Waals surface area contributed by atoms with Gasteiger partial charge in [0.15, 0.2) is 0 Å². The Morgan fingerprint density at radius 3 is 2.11 bits per heavy atom. The van der Waals surface area contributed by atoms with E-state index in [4.69, 9.17) is 9.90 Å². The molecule has 0 spiro atoms. The molecule has 3 N–H and O–H groups in total. The van der Waals surface area contributed by atoms with Gasteiger partial charge in [-0.25, -0.2) is 0 Å². The van der Waals surface area contributed by atoms with Crippen molar-refractivity contribution < 1.29 is 19.4 Å². The number of carboxylic acid groups (broad SMARTS) is 1. The molecular formula is C4H9NO4. The first-order valence-corrected chi connectivity index (χ1v) is 2.07. The molecule has 5 heteroatoms. The van der Waals surface area contributed by atoms with Crippen molar-refractivity contribution in [3.8, 4) is 0 Å². The van der Waals surface area contributed by atoms with Crippen molar-refractivity contribution >= 4 is 12.4 Å². The molecule has 0 aromatic carbocycles. The first kappa shape index (κ1) is 10.8. The minimum Gasteiger partial charge on any atom is -0.480 e. The Bertz CT molecular complexity index is 82.6. The molecule has 5 nitrogen and oxygen atoms in total. The molecule has 0 atom stereocenters. The minimum absolute atomic E-state index is 0.278.